The van der Waals surface area contributed by atoms with E-state index in [1.54, 1.807) is 7.11 Å². The summed E-state index contributed by atoms with van der Waals surface area (Å²) in [6.07, 6.45) is 0.804. The van der Waals surface area contributed by atoms with Gasteiger partial charge >= 0.3 is 0 Å². The monoisotopic (exact) mass is 246 g/mol. The average Bonchev–Trinajstić information content (AvgIpc) is 2.36. The van der Waals surface area contributed by atoms with Crippen molar-refractivity contribution >= 4 is 0 Å². The smallest absolute Gasteiger partial charge is 0.122 e. The maximum Gasteiger partial charge on any atom is 0.122 e. The molecule has 1 rings (SSSR count). The molecule has 2 heteroatoms. The lowest BCUT2D eigenvalue weighted by atomic mass is 9.92. The Balaban J connectivity index is 2.90. The molecule has 0 N–H and O–H groups in total. The summed E-state index contributed by atoms with van der Waals surface area (Å²) < 4.78 is 10.9. The minimum atomic E-state index is 0.126. The molecular formula is C16H22O2. The third kappa shape index (κ3) is 3.66. The molecule has 0 bridgehead atoms. The van der Waals surface area contributed by atoms with E-state index in [2.05, 4.69) is 19.2 Å². The van der Waals surface area contributed by atoms with Crippen molar-refractivity contribution in [1.29, 1.82) is 0 Å². The van der Waals surface area contributed by atoms with Crippen LogP contribution in [0, 0.1) is 5.92 Å². The Kier molecular flexibility index (Phi) is 5.50. The molecule has 1 atom stereocenters. The van der Waals surface area contributed by atoms with E-state index in [9.17, 15) is 0 Å². The van der Waals surface area contributed by atoms with Crippen LogP contribution in [0.3, 0.4) is 0 Å². The SMILES string of the molecule is C=C(C)C(Cc1ccccc1OC)C(=C)OCC. The molecule has 0 fully saturated rings. The zero-order valence-electron chi connectivity index (χ0n) is 11.5. The van der Waals surface area contributed by atoms with Crippen molar-refractivity contribution in [2.24, 2.45) is 5.92 Å². The lowest BCUT2D eigenvalue weighted by Gasteiger charge is -2.21. The number of methoxy groups -OCH3 is 1. The Labute approximate surface area is 110 Å². The minimum absolute atomic E-state index is 0.126. The molecule has 0 saturated heterocycles. The number of benzene rings is 1. The summed E-state index contributed by atoms with van der Waals surface area (Å²) in [6.45, 7) is 12.6. The number of para-hydroxylation sites is 1. The lowest BCUT2D eigenvalue weighted by Crippen LogP contribution is -2.11. The van der Waals surface area contributed by atoms with Crippen LogP contribution in [0.25, 0.3) is 0 Å². The largest absolute Gasteiger partial charge is 0.498 e. The second kappa shape index (κ2) is 6.90. The molecule has 0 saturated carbocycles. The van der Waals surface area contributed by atoms with E-state index in [-0.39, 0.29) is 5.92 Å². The first-order valence-corrected chi connectivity index (χ1v) is 6.19. The molecular weight excluding hydrogens is 224 g/mol. The predicted octanol–water partition coefficient (Wildman–Crippen LogP) is 3.98. The highest BCUT2D eigenvalue weighted by Gasteiger charge is 2.17. The van der Waals surface area contributed by atoms with Crippen molar-refractivity contribution in [3.05, 3.63) is 54.3 Å². The Hall–Kier alpha value is -1.70. The van der Waals surface area contributed by atoms with Gasteiger partial charge < -0.3 is 9.47 Å². The van der Waals surface area contributed by atoms with Gasteiger partial charge in [-0.3, -0.25) is 0 Å². The number of ether oxygens (including phenoxy) is 2. The average molecular weight is 246 g/mol. The first-order chi connectivity index (χ1) is 8.60. The first-order valence-electron chi connectivity index (χ1n) is 6.19. The van der Waals surface area contributed by atoms with Crippen LogP contribution < -0.4 is 4.74 Å². The fraction of sp³-hybridized carbons (Fsp3) is 0.375. The third-order valence-electron chi connectivity index (χ3n) is 2.93. The van der Waals surface area contributed by atoms with Crippen LogP contribution in [-0.4, -0.2) is 13.7 Å². The summed E-state index contributed by atoms with van der Waals surface area (Å²) in [5.74, 6) is 1.80. The van der Waals surface area contributed by atoms with Gasteiger partial charge in [-0.05, 0) is 31.9 Å². The van der Waals surface area contributed by atoms with Gasteiger partial charge in [0.05, 0.1) is 19.5 Å². The number of hydrogen-bond acceptors (Lipinski definition) is 2. The molecule has 1 unspecified atom stereocenters. The summed E-state index contributed by atoms with van der Waals surface area (Å²) in [6, 6.07) is 8.01. The molecule has 98 valence electrons. The van der Waals surface area contributed by atoms with Crippen molar-refractivity contribution in [3.63, 3.8) is 0 Å². The molecule has 18 heavy (non-hydrogen) atoms. The minimum Gasteiger partial charge on any atom is -0.498 e. The van der Waals surface area contributed by atoms with E-state index in [1.807, 2.05) is 32.0 Å². The zero-order chi connectivity index (χ0) is 13.5. The summed E-state index contributed by atoms with van der Waals surface area (Å²) >= 11 is 0. The van der Waals surface area contributed by atoms with Crippen molar-refractivity contribution in [1.82, 2.24) is 0 Å². The van der Waals surface area contributed by atoms with Gasteiger partial charge in [0.25, 0.3) is 0 Å². The van der Waals surface area contributed by atoms with Crippen LogP contribution in [0.1, 0.15) is 19.4 Å². The summed E-state index contributed by atoms with van der Waals surface area (Å²) in [4.78, 5) is 0. The fourth-order valence-corrected chi connectivity index (χ4v) is 1.94. The molecule has 0 heterocycles. The molecule has 1 aromatic rings. The highest BCUT2D eigenvalue weighted by molar-refractivity contribution is 5.35. The molecule has 0 aromatic heterocycles. The maximum absolute atomic E-state index is 5.51. The normalized spacial score (nSPS) is 11.7. The number of allylic oxidation sites excluding steroid dienone is 1. The Morgan fingerprint density at radius 1 is 1.28 bits per heavy atom. The van der Waals surface area contributed by atoms with E-state index in [0.717, 1.165) is 29.1 Å². The molecule has 2 nitrogen and oxygen atoms in total. The molecule has 1 aromatic carbocycles. The van der Waals surface area contributed by atoms with Crippen LogP contribution >= 0.6 is 0 Å². The maximum atomic E-state index is 5.51. The van der Waals surface area contributed by atoms with Crippen LogP contribution in [0.15, 0.2) is 48.8 Å². The van der Waals surface area contributed by atoms with Gasteiger partial charge in [-0.25, -0.2) is 0 Å². The van der Waals surface area contributed by atoms with E-state index in [1.165, 1.54) is 0 Å². The van der Waals surface area contributed by atoms with Crippen molar-refractivity contribution < 1.29 is 9.47 Å². The third-order valence-corrected chi connectivity index (χ3v) is 2.93. The van der Waals surface area contributed by atoms with E-state index < -0.39 is 0 Å². The highest BCUT2D eigenvalue weighted by Crippen LogP contribution is 2.28. The van der Waals surface area contributed by atoms with Gasteiger partial charge in [0.2, 0.25) is 0 Å². The van der Waals surface area contributed by atoms with E-state index in [0.29, 0.717) is 6.61 Å². The quantitative estimate of drug-likeness (QED) is 0.535. The topological polar surface area (TPSA) is 18.5 Å². The zero-order valence-corrected chi connectivity index (χ0v) is 11.5. The van der Waals surface area contributed by atoms with Crippen molar-refractivity contribution in [2.45, 2.75) is 20.3 Å². The van der Waals surface area contributed by atoms with Gasteiger partial charge in [-0.15, -0.1) is 0 Å². The molecule has 0 aliphatic carbocycles. The molecule has 0 aliphatic heterocycles. The lowest BCUT2D eigenvalue weighted by molar-refractivity contribution is 0.200. The van der Waals surface area contributed by atoms with Gasteiger partial charge in [0.1, 0.15) is 5.75 Å². The van der Waals surface area contributed by atoms with Gasteiger partial charge in [0, 0.05) is 5.92 Å². The Morgan fingerprint density at radius 3 is 2.50 bits per heavy atom. The Bertz CT molecular complexity index is 421. The van der Waals surface area contributed by atoms with Crippen LogP contribution in [0.5, 0.6) is 5.75 Å². The van der Waals surface area contributed by atoms with Crippen molar-refractivity contribution in [2.75, 3.05) is 13.7 Å². The molecule has 0 radical (unpaired) electrons. The molecule has 0 amide bonds. The highest BCUT2D eigenvalue weighted by atomic mass is 16.5. The number of hydrogen-bond donors (Lipinski definition) is 0. The van der Waals surface area contributed by atoms with Gasteiger partial charge in [0.15, 0.2) is 0 Å². The van der Waals surface area contributed by atoms with Crippen LogP contribution in [0.4, 0.5) is 0 Å². The predicted molar refractivity (Wildman–Crippen MR) is 75.8 cm³/mol. The first kappa shape index (κ1) is 14.4. The van der Waals surface area contributed by atoms with Crippen molar-refractivity contribution in [3.8, 4) is 5.75 Å². The summed E-state index contributed by atoms with van der Waals surface area (Å²) in [7, 11) is 1.69. The van der Waals surface area contributed by atoms with Crippen LogP contribution in [0.2, 0.25) is 0 Å². The summed E-state index contributed by atoms with van der Waals surface area (Å²) in [5, 5.41) is 0. The van der Waals surface area contributed by atoms with Gasteiger partial charge in [-0.2, -0.15) is 0 Å². The van der Waals surface area contributed by atoms with E-state index in [4.69, 9.17) is 9.47 Å². The molecule has 0 spiro atoms. The molecule has 0 aliphatic rings. The second-order valence-corrected chi connectivity index (χ2v) is 4.31. The van der Waals surface area contributed by atoms with Crippen LogP contribution in [-0.2, 0) is 11.2 Å². The second-order valence-electron chi connectivity index (χ2n) is 4.31. The standard InChI is InChI=1S/C16H22O2/c1-6-18-13(4)15(12(2)3)11-14-9-7-8-10-16(14)17-5/h7-10,15H,2,4,6,11H2,1,3,5H3. The number of rotatable bonds is 7. The summed E-state index contributed by atoms with van der Waals surface area (Å²) in [5.41, 5.74) is 2.20. The van der Waals surface area contributed by atoms with Gasteiger partial charge in [-0.1, -0.05) is 36.9 Å². The Morgan fingerprint density at radius 2 is 1.94 bits per heavy atom. The fourth-order valence-electron chi connectivity index (χ4n) is 1.94. The van der Waals surface area contributed by atoms with E-state index >= 15 is 0 Å².